The predicted molar refractivity (Wildman–Crippen MR) is 130 cm³/mol. The molecule has 4 heterocycles. The Balaban J connectivity index is 1.03. The maximum Gasteiger partial charge on any atom is 0.254 e. The van der Waals surface area contributed by atoms with E-state index in [1.165, 1.54) is 42.7 Å². The molecule has 0 amide bonds. The highest BCUT2D eigenvalue weighted by atomic mass is 32.1. The van der Waals surface area contributed by atoms with Crippen molar-refractivity contribution in [3.05, 3.63) is 49.1 Å². The molecule has 0 spiro atoms. The van der Waals surface area contributed by atoms with Gasteiger partial charge in [-0.2, -0.15) is 8.75 Å². The molecular formula is C23H26N6O2S2. The smallest absolute Gasteiger partial charge is 0.254 e. The molecule has 4 rings (SSSR count). The van der Waals surface area contributed by atoms with Crippen LogP contribution in [0.2, 0.25) is 0 Å². The standard InChI is InChI=1S/C23H26N6O2S2/c1(2-4-6-14-30-22-20(26-32-28-22)18-10-8-12-24-16-18)3-5-7-15-31-23-21(27-33-29-23)19-11-9-13-25-17-19/h8-13,16-17H,1-7,14-15H2. The van der Waals surface area contributed by atoms with Gasteiger partial charge in [-0.3, -0.25) is 9.97 Å². The van der Waals surface area contributed by atoms with Crippen molar-refractivity contribution in [1.29, 1.82) is 0 Å². The molecule has 0 aliphatic carbocycles. The van der Waals surface area contributed by atoms with Gasteiger partial charge >= 0.3 is 0 Å². The lowest BCUT2D eigenvalue weighted by atomic mass is 10.1. The van der Waals surface area contributed by atoms with Gasteiger partial charge in [0.25, 0.3) is 11.8 Å². The molecule has 0 saturated heterocycles. The monoisotopic (exact) mass is 482 g/mol. The number of ether oxygens (including phenoxy) is 2. The molecule has 0 N–H and O–H groups in total. The highest BCUT2D eigenvalue weighted by Gasteiger charge is 2.12. The minimum Gasteiger partial charge on any atom is -0.475 e. The molecule has 172 valence electrons. The third kappa shape index (κ3) is 7.00. The lowest BCUT2D eigenvalue weighted by Gasteiger charge is -2.06. The van der Waals surface area contributed by atoms with E-state index in [4.69, 9.17) is 9.47 Å². The summed E-state index contributed by atoms with van der Waals surface area (Å²) in [5, 5.41) is 0. The van der Waals surface area contributed by atoms with Crippen LogP contribution in [0.4, 0.5) is 0 Å². The number of pyridine rings is 2. The van der Waals surface area contributed by atoms with Crippen molar-refractivity contribution in [3.63, 3.8) is 0 Å². The van der Waals surface area contributed by atoms with Gasteiger partial charge in [0.15, 0.2) is 0 Å². The summed E-state index contributed by atoms with van der Waals surface area (Å²) in [7, 11) is 0. The Bertz CT molecular complexity index is 989. The van der Waals surface area contributed by atoms with E-state index < -0.39 is 0 Å². The minimum atomic E-state index is 0.606. The van der Waals surface area contributed by atoms with Crippen LogP contribution in [0.25, 0.3) is 22.5 Å². The quantitative estimate of drug-likeness (QED) is 0.211. The molecule has 10 heteroatoms. The number of nitrogens with zero attached hydrogens (tertiary/aromatic N) is 6. The number of aromatic nitrogens is 6. The van der Waals surface area contributed by atoms with Gasteiger partial charge in [0.05, 0.1) is 36.7 Å². The Kier molecular flexibility index (Phi) is 9.07. The Morgan fingerprint density at radius 1 is 0.576 bits per heavy atom. The molecule has 0 fully saturated rings. The fourth-order valence-electron chi connectivity index (χ4n) is 3.33. The summed E-state index contributed by atoms with van der Waals surface area (Å²) in [6.07, 6.45) is 15.0. The van der Waals surface area contributed by atoms with Crippen LogP contribution in [-0.2, 0) is 0 Å². The van der Waals surface area contributed by atoms with Gasteiger partial charge in [-0.05, 0) is 37.1 Å². The zero-order chi connectivity index (χ0) is 22.6. The first-order chi connectivity index (χ1) is 16.4. The number of hydrogen-bond donors (Lipinski definition) is 0. The SMILES string of the molecule is c1cncc(-c2nsnc2OCCCCCCCCCOc2nsnc2-c2cccnc2)c1. The van der Waals surface area contributed by atoms with E-state index in [0.29, 0.717) is 25.0 Å². The normalized spacial score (nSPS) is 10.9. The lowest BCUT2D eigenvalue weighted by molar-refractivity contribution is 0.292. The van der Waals surface area contributed by atoms with E-state index in [0.717, 1.165) is 48.2 Å². The van der Waals surface area contributed by atoms with Crippen molar-refractivity contribution >= 4 is 23.5 Å². The molecule has 0 aliphatic heterocycles. The van der Waals surface area contributed by atoms with Crippen molar-refractivity contribution < 1.29 is 9.47 Å². The Morgan fingerprint density at radius 3 is 1.45 bits per heavy atom. The molecule has 0 aromatic carbocycles. The molecule has 0 atom stereocenters. The van der Waals surface area contributed by atoms with E-state index in [9.17, 15) is 0 Å². The van der Waals surface area contributed by atoms with Crippen molar-refractivity contribution in [3.8, 4) is 34.3 Å². The average molecular weight is 483 g/mol. The van der Waals surface area contributed by atoms with Crippen molar-refractivity contribution in [2.24, 2.45) is 0 Å². The van der Waals surface area contributed by atoms with Crippen LogP contribution in [0.3, 0.4) is 0 Å². The van der Waals surface area contributed by atoms with Crippen LogP contribution in [0.15, 0.2) is 49.1 Å². The van der Waals surface area contributed by atoms with Crippen LogP contribution in [-0.4, -0.2) is 40.7 Å². The maximum absolute atomic E-state index is 5.85. The lowest BCUT2D eigenvalue weighted by Crippen LogP contribution is -1.99. The van der Waals surface area contributed by atoms with Crippen LogP contribution in [0, 0.1) is 0 Å². The summed E-state index contributed by atoms with van der Waals surface area (Å²) in [5.74, 6) is 1.21. The van der Waals surface area contributed by atoms with E-state index >= 15 is 0 Å². The van der Waals surface area contributed by atoms with E-state index in [1.54, 1.807) is 24.8 Å². The Hall–Kier alpha value is -2.98. The molecule has 0 aliphatic rings. The summed E-state index contributed by atoms with van der Waals surface area (Å²) >= 11 is 2.34. The Morgan fingerprint density at radius 2 is 1.03 bits per heavy atom. The average Bonchev–Trinajstić information content (AvgIpc) is 3.53. The molecule has 33 heavy (non-hydrogen) atoms. The van der Waals surface area contributed by atoms with Gasteiger partial charge in [0.1, 0.15) is 11.4 Å². The van der Waals surface area contributed by atoms with Gasteiger partial charge in [-0.15, -0.1) is 8.75 Å². The van der Waals surface area contributed by atoms with Gasteiger partial charge < -0.3 is 9.47 Å². The van der Waals surface area contributed by atoms with Gasteiger partial charge in [-0.25, -0.2) is 0 Å². The zero-order valence-electron chi connectivity index (χ0n) is 18.3. The van der Waals surface area contributed by atoms with Gasteiger partial charge in [-0.1, -0.05) is 32.1 Å². The molecule has 0 bridgehead atoms. The third-order valence-corrected chi connectivity index (χ3v) is 6.08. The second-order valence-electron chi connectivity index (χ2n) is 7.49. The van der Waals surface area contributed by atoms with E-state index in [1.807, 2.05) is 24.3 Å². The summed E-state index contributed by atoms with van der Waals surface area (Å²) in [5.41, 5.74) is 3.42. The maximum atomic E-state index is 5.85. The molecular weight excluding hydrogens is 456 g/mol. The summed E-state index contributed by atoms with van der Waals surface area (Å²) in [6, 6.07) is 7.71. The molecule has 0 saturated carbocycles. The van der Waals surface area contributed by atoms with E-state index in [-0.39, 0.29) is 0 Å². The molecule has 0 radical (unpaired) electrons. The number of hydrogen-bond acceptors (Lipinski definition) is 10. The number of rotatable bonds is 14. The fraction of sp³-hybridized carbons (Fsp3) is 0.391. The van der Waals surface area contributed by atoms with Crippen LogP contribution in [0.1, 0.15) is 44.9 Å². The van der Waals surface area contributed by atoms with Crippen LogP contribution in [0.5, 0.6) is 11.8 Å². The second kappa shape index (κ2) is 12.9. The topological polar surface area (TPSA) is 95.8 Å². The number of unbranched alkanes of at least 4 members (excludes halogenated alkanes) is 6. The van der Waals surface area contributed by atoms with Crippen LogP contribution >= 0.6 is 23.5 Å². The highest BCUT2D eigenvalue weighted by molar-refractivity contribution is 6.99. The largest absolute Gasteiger partial charge is 0.475 e. The third-order valence-electron chi connectivity index (χ3n) is 5.05. The summed E-state index contributed by atoms with van der Waals surface area (Å²) in [4.78, 5) is 8.27. The zero-order valence-corrected chi connectivity index (χ0v) is 19.9. The first-order valence-electron chi connectivity index (χ1n) is 11.1. The van der Waals surface area contributed by atoms with Crippen molar-refractivity contribution in [2.45, 2.75) is 44.9 Å². The molecule has 4 aromatic rings. The van der Waals surface area contributed by atoms with Crippen molar-refractivity contribution in [1.82, 2.24) is 27.5 Å². The van der Waals surface area contributed by atoms with E-state index in [2.05, 4.69) is 27.5 Å². The first-order valence-corrected chi connectivity index (χ1v) is 12.6. The summed E-state index contributed by atoms with van der Waals surface area (Å²) in [6.45, 7) is 1.32. The molecule has 0 unspecified atom stereocenters. The van der Waals surface area contributed by atoms with Gasteiger partial charge in [0.2, 0.25) is 0 Å². The van der Waals surface area contributed by atoms with Gasteiger partial charge in [0, 0.05) is 35.9 Å². The molecule has 8 nitrogen and oxygen atoms in total. The van der Waals surface area contributed by atoms with Crippen LogP contribution < -0.4 is 9.47 Å². The highest BCUT2D eigenvalue weighted by Crippen LogP contribution is 2.28. The first kappa shape index (κ1) is 23.2. The minimum absolute atomic E-state index is 0.606. The fourth-order valence-corrected chi connectivity index (χ4v) is 4.37. The predicted octanol–water partition coefficient (Wildman–Crippen LogP) is 5.70. The van der Waals surface area contributed by atoms with Crippen molar-refractivity contribution in [2.75, 3.05) is 13.2 Å². The summed E-state index contributed by atoms with van der Waals surface area (Å²) < 4.78 is 28.9. The second-order valence-corrected chi connectivity index (χ2v) is 8.55. The Labute approximate surface area is 201 Å². The molecule has 4 aromatic heterocycles.